The smallest absolute Gasteiger partial charge is 0.255 e. The van der Waals surface area contributed by atoms with Gasteiger partial charge in [-0.05, 0) is 63.8 Å². The fourth-order valence-corrected chi connectivity index (χ4v) is 4.16. The minimum Gasteiger partial charge on any atom is -0.387 e. The number of anilines is 1. The molecule has 3 heterocycles. The Morgan fingerprint density at radius 1 is 1.31 bits per heavy atom. The van der Waals surface area contributed by atoms with E-state index in [1.807, 2.05) is 12.1 Å². The van der Waals surface area contributed by atoms with Gasteiger partial charge in [-0.3, -0.25) is 9.78 Å². The van der Waals surface area contributed by atoms with Gasteiger partial charge in [-0.15, -0.1) is 12.4 Å². The maximum absolute atomic E-state index is 14.2. The average Bonchev–Trinajstić information content (AvgIpc) is 3.26. The van der Waals surface area contributed by atoms with Crippen molar-refractivity contribution in [3.8, 4) is 17.5 Å². The molecule has 1 aliphatic rings. The van der Waals surface area contributed by atoms with Gasteiger partial charge in [-0.1, -0.05) is 0 Å². The number of pyridine rings is 1. The molecule has 3 aromatic rings. The van der Waals surface area contributed by atoms with Crippen molar-refractivity contribution in [1.29, 1.82) is 5.26 Å². The maximum atomic E-state index is 14.2. The number of amides is 1. The summed E-state index contributed by atoms with van der Waals surface area (Å²) in [7, 11) is 0. The van der Waals surface area contributed by atoms with E-state index in [1.165, 1.54) is 26.2 Å². The van der Waals surface area contributed by atoms with Gasteiger partial charge in [0.25, 0.3) is 5.91 Å². The molecule has 0 radical (unpaired) electrons. The molecule has 0 aromatic carbocycles. The second-order valence-electron chi connectivity index (χ2n) is 9.61. The van der Waals surface area contributed by atoms with Crippen LogP contribution in [-0.2, 0) is 0 Å². The van der Waals surface area contributed by atoms with Crippen molar-refractivity contribution in [2.75, 3.05) is 11.9 Å². The highest BCUT2D eigenvalue weighted by Gasteiger charge is 2.28. The lowest BCUT2D eigenvalue weighted by atomic mass is 9.91. The third kappa shape index (κ3) is 6.10. The summed E-state index contributed by atoms with van der Waals surface area (Å²) < 4.78 is 15.9. The standard InChI is InChI=1S/C25H30FN7O2.ClH/c1-25(2,35)23(26)14-30-24(34)19-13-29-21(10-20(19)32-17-5-3-16(28)4-6-17)22-8-7-18-9-15(11-27)12-31-33(18)22;/h7-10,12-13,16-17,23,35H,3-6,14,28H2,1-2H3,(H,29,32)(H,30,34);1H. The largest absolute Gasteiger partial charge is 0.387 e. The van der Waals surface area contributed by atoms with Gasteiger partial charge < -0.3 is 21.5 Å². The highest BCUT2D eigenvalue weighted by atomic mass is 35.5. The van der Waals surface area contributed by atoms with Crippen molar-refractivity contribution in [1.82, 2.24) is 19.9 Å². The lowest BCUT2D eigenvalue weighted by Gasteiger charge is -2.28. The summed E-state index contributed by atoms with van der Waals surface area (Å²) in [6.07, 6.45) is 4.85. The van der Waals surface area contributed by atoms with Gasteiger partial charge >= 0.3 is 0 Å². The van der Waals surface area contributed by atoms with Crippen LogP contribution in [0.1, 0.15) is 55.5 Å². The van der Waals surface area contributed by atoms with E-state index in [-0.39, 0.29) is 36.6 Å². The molecule has 192 valence electrons. The third-order valence-electron chi connectivity index (χ3n) is 6.38. The molecule has 3 aromatic heterocycles. The molecule has 1 fully saturated rings. The predicted octanol–water partition coefficient (Wildman–Crippen LogP) is 3.21. The second kappa shape index (κ2) is 11.2. The van der Waals surface area contributed by atoms with E-state index in [1.54, 1.807) is 16.6 Å². The van der Waals surface area contributed by atoms with Crippen molar-refractivity contribution in [3.63, 3.8) is 0 Å². The molecule has 36 heavy (non-hydrogen) atoms. The Morgan fingerprint density at radius 3 is 2.69 bits per heavy atom. The Bertz CT molecular complexity index is 1260. The first-order chi connectivity index (χ1) is 16.7. The molecule has 1 amide bonds. The SMILES string of the molecule is CC(C)(O)C(F)CNC(=O)c1cnc(-c2ccc3cc(C#N)cnn23)cc1NC1CCC(N)CC1.Cl. The molecule has 1 unspecified atom stereocenters. The third-order valence-corrected chi connectivity index (χ3v) is 6.38. The number of aromatic nitrogens is 3. The molecule has 1 saturated carbocycles. The number of nitrogens with one attached hydrogen (secondary N) is 2. The number of nitrogens with two attached hydrogens (primary N) is 1. The summed E-state index contributed by atoms with van der Waals surface area (Å²) in [5.41, 5.74) is 7.85. The molecular formula is C25H31ClFN7O2. The van der Waals surface area contributed by atoms with Crippen molar-refractivity contribution < 1.29 is 14.3 Å². The van der Waals surface area contributed by atoms with Crippen LogP contribution in [0.4, 0.5) is 10.1 Å². The number of aliphatic hydroxyl groups is 1. The Hall–Kier alpha value is -3.26. The monoisotopic (exact) mass is 515 g/mol. The van der Waals surface area contributed by atoms with E-state index >= 15 is 0 Å². The molecule has 5 N–H and O–H groups in total. The minimum atomic E-state index is -1.62. The van der Waals surface area contributed by atoms with Gasteiger partial charge in [0.05, 0.1) is 52.1 Å². The number of fused-ring (bicyclic) bond motifs is 1. The number of rotatable bonds is 7. The van der Waals surface area contributed by atoms with Gasteiger partial charge in [0.15, 0.2) is 0 Å². The van der Waals surface area contributed by atoms with Crippen molar-refractivity contribution in [3.05, 3.63) is 47.8 Å². The van der Waals surface area contributed by atoms with E-state index < -0.39 is 17.7 Å². The number of alkyl halides is 1. The van der Waals surface area contributed by atoms with Crippen LogP contribution in [0.3, 0.4) is 0 Å². The van der Waals surface area contributed by atoms with Crippen LogP contribution in [0.5, 0.6) is 0 Å². The zero-order chi connectivity index (χ0) is 25.2. The number of halogens is 2. The first-order valence-corrected chi connectivity index (χ1v) is 11.7. The zero-order valence-electron chi connectivity index (χ0n) is 20.2. The number of carbonyl (C=O) groups is 1. The molecule has 4 rings (SSSR count). The lowest BCUT2D eigenvalue weighted by Crippen LogP contribution is -2.42. The molecule has 11 heteroatoms. The number of hydrogen-bond acceptors (Lipinski definition) is 7. The van der Waals surface area contributed by atoms with Gasteiger partial charge in [-0.2, -0.15) is 10.4 Å². The molecular weight excluding hydrogens is 485 g/mol. The van der Waals surface area contributed by atoms with Crippen molar-refractivity contribution in [2.24, 2.45) is 5.73 Å². The lowest BCUT2D eigenvalue weighted by molar-refractivity contribution is -0.00177. The van der Waals surface area contributed by atoms with E-state index in [2.05, 4.69) is 26.8 Å². The Kier molecular flexibility index (Phi) is 8.51. The fourth-order valence-electron chi connectivity index (χ4n) is 4.16. The quantitative estimate of drug-likeness (QED) is 0.378. The van der Waals surface area contributed by atoms with Crippen LogP contribution in [0.2, 0.25) is 0 Å². The van der Waals surface area contributed by atoms with Crippen LogP contribution < -0.4 is 16.4 Å². The van der Waals surface area contributed by atoms with Gasteiger partial charge in [0, 0.05) is 18.3 Å². The zero-order valence-corrected chi connectivity index (χ0v) is 21.1. The van der Waals surface area contributed by atoms with Crippen LogP contribution in [0.25, 0.3) is 16.9 Å². The van der Waals surface area contributed by atoms with Crippen LogP contribution in [0, 0.1) is 11.3 Å². The Morgan fingerprint density at radius 2 is 2.03 bits per heavy atom. The molecule has 0 bridgehead atoms. The number of nitrogens with zero attached hydrogens (tertiary/aromatic N) is 4. The number of nitriles is 1. The minimum absolute atomic E-state index is 0. The molecule has 0 aliphatic heterocycles. The van der Waals surface area contributed by atoms with Crippen molar-refractivity contribution in [2.45, 2.75) is 63.4 Å². The first kappa shape index (κ1) is 27.3. The average molecular weight is 516 g/mol. The number of hydrogen-bond donors (Lipinski definition) is 4. The summed E-state index contributed by atoms with van der Waals surface area (Å²) in [5.74, 6) is -0.484. The van der Waals surface area contributed by atoms with E-state index in [9.17, 15) is 14.3 Å². The maximum Gasteiger partial charge on any atom is 0.255 e. The van der Waals surface area contributed by atoms with Gasteiger partial charge in [0.2, 0.25) is 0 Å². The van der Waals surface area contributed by atoms with Crippen LogP contribution >= 0.6 is 12.4 Å². The van der Waals surface area contributed by atoms with E-state index in [0.717, 1.165) is 31.2 Å². The van der Waals surface area contributed by atoms with Gasteiger partial charge in [0.1, 0.15) is 12.2 Å². The highest BCUT2D eigenvalue weighted by molar-refractivity contribution is 6.00. The normalized spacial score (nSPS) is 18.7. The Labute approximate surface area is 215 Å². The molecule has 0 spiro atoms. The van der Waals surface area contributed by atoms with Gasteiger partial charge in [-0.25, -0.2) is 8.91 Å². The molecule has 9 nitrogen and oxygen atoms in total. The van der Waals surface area contributed by atoms with E-state index in [0.29, 0.717) is 22.6 Å². The predicted molar refractivity (Wildman–Crippen MR) is 138 cm³/mol. The first-order valence-electron chi connectivity index (χ1n) is 11.7. The fraction of sp³-hybridized carbons (Fsp3) is 0.440. The molecule has 1 atom stereocenters. The highest BCUT2D eigenvalue weighted by Crippen LogP contribution is 2.28. The summed E-state index contributed by atoms with van der Waals surface area (Å²) >= 11 is 0. The molecule has 0 saturated heterocycles. The van der Waals surface area contributed by atoms with Crippen molar-refractivity contribution >= 4 is 29.5 Å². The number of carbonyl (C=O) groups excluding carboxylic acids is 1. The Balaban J connectivity index is 0.00000361. The summed E-state index contributed by atoms with van der Waals surface area (Å²) in [5, 5.41) is 29.3. The van der Waals surface area contributed by atoms with E-state index in [4.69, 9.17) is 11.0 Å². The summed E-state index contributed by atoms with van der Waals surface area (Å²) in [6, 6.07) is 9.62. The van der Waals surface area contributed by atoms with Crippen LogP contribution in [0.15, 0.2) is 36.7 Å². The summed E-state index contributed by atoms with van der Waals surface area (Å²) in [4.78, 5) is 17.5. The van der Waals surface area contributed by atoms with Crippen LogP contribution in [-0.4, -0.2) is 56.0 Å². The topological polar surface area (TPSA) is 141 Å². The summed E-state index contributed by atoms with van der Waals surface area (Å²) in [6.45, 7) is 2.39. The second-order valence-corrected chi connectivity index (χ2v) is 9.61. The molecule has 1 aliphatic carbocycles.